The molecule has 2 aromatic rings. The lowest BCUT2D eigenvalue weighted by atomic mass is 10.1. The Hall–Kier alpha value is -2.41. The average molecular weight is 337 g/mol. The molecule has 0 unspecified atom stereocenters. The summed E-state index contributed by atoms with van der Waals surface area (Å²) in [4.78, 5) is 11.7. The molecule has 2 aromatic carbocycles. The Morgan fingerprint density at radius 2 is 1.70 bits per heavy atom. The maximum absolute atomic E-state index is 13.8. The van der Waals surface area contributed by atoms with Crippen molar-refractivity contribution in [2.75, 3.05) is 11.8 Å². The van der Waals surface area contributed by atoms with Crippen LogP contribution in [0.3, 0.4) is 0 Å². The van der Waals surface area contributed by atoms with Gasteiger partial charge in [-0.25, -0.2) is 17.6 Å². The first-order chi connectivity index (χ1) is 10.8. The summed E-state index contributed by atoms with van der Waals surface area (Å²) in [6.07, 6.45) is 0. The molecule has 0 atom stereocenters. The van der Waals surface area contributed by atoms with Crippen molar-refractivity contribution in [2.45, 2.75) is 18.7 Å². The topological polar surface area (TPSA) is 72.5 Å². The van der Waals surface area contributed by atoms with Crippen molar-refractivity contribution in [1.29, 1.82) is 0 Å². The molecule has 0 bridgehead atoms. The highest BCUT2D eigenvalue weighted by Crippen LogP contribution is 2.25. The van der Waals surface area contributed by atoms with Crippen LogP contribution in [0.4, 0.5) is 10.1 Å². The lowest BCUT2D eigenvalue weighted by Gasteiger charge is -2.13. The van der Waals surface area contributed by atoms with Crippen LogP contribution in [0.5, 0.6) is 0 Å². The third-order valence-electron chi connectivity index (χ3n) is 3.38. The minimum absolute atomic E-state index is 0.0754. The number of aryl methyl sites for hydroxylation is 1. The molecule has 1 N–H and O–H groups in total. The number of rotatable bonds is 4. The Bertz CT molecular complexity index is 845. The number of hydrogen-bond acceptors (Lipinski definition) is 4. The molecule has 0 aliphatic carbocycles. The lowest BCUT2D eigenvalue weighted by molar-refractivity contribution is 0.0594. The SMILES string of the molecule is COC(=O)c1c(F)ccc(NS(=O)(=O)c2ccc(C)cc2)c1C. The summed E-state index contributed by atoms with van der Waals surface area (Å²) in [7, 11) is -2.71. The minimum Gasteiger partial charge on any atom is -0.465 e. The maximum atomic E-state index is 13.8. The summed E-state index contributed by atoms with van der Waals surface area (Å²) in [5.74, 6) is -1.64. The van der Waals surface area contributed by atoms with Crippen molar-refractivity contribution in [3.8, 4) is 0 Å². The Labute approximate surface area is 134 Å². The monoisotopic (exact) mass is 337 g/mol. The highest BCUT2D eigenvalue weighted by Gasteiger charge is 2.21. The van der Waals surface area contributed by atoms with E-state index in [0.29, 0.717) is 0 Å². The molecule has 0 saturated heterocycles. The van der Waals surface area contributed by atoms with Crippen LogP contribution in [0.15, 0.2) is 41.3 Å². The molecule has 2 rings (SSSR count). The molecule has 0 fully saturated rings. The first kappa shape index (κ1) is 17.0. The smallest absolute Gasteiger partial charge is 0.341 e. The Morgan fingerprint density at radius 1 is 1.09 bits per heavy atom. The van der Waals surface area contributed by atoms with Gasteiger partial charge in [0.15, 0.2) is 0 Å². The third-order valence-corrected chi connectivity index (χ3v) is 4.76. The number of ether oxygens (including phenoxy) is 1. The first-order valence-corrected chi connectivity index (χ1v) is 8.21. The van der Waals surface area contributed by atoms with E-state index in [9.17, 15) is 17.6 Å². The second kappa shape index (κ2) is 6.37. The second-order valence-corrected chi connectivity index (χ2v) is 6.69. The number of nitrogens with one attached hydrogen (secondary N) is 1. The van der Waals surface area contributed by atoms with Crippen LogP contribution < -0.4 is 4.72 Å². The number of carbonyl (C=O) groups excluding carboxylic acids is 1. The van der Waals surface area contributed by atoms with Gasteiger partial charge in [0.25, 0.3) is 10.0 Å². The molecule has 0 saturated carbocycles. The van der Waals surface area contributed by atoms with Crippen LogP contribution in [0.2, 0.25) is 0 Å². The minimum atomic E-state index is -3.84. The highest BCUT2D eigenvalue weighted by molar-refractivity contribution is 7.92. The van der Waals surface area contributed by atoms with E-state index in [-0.39, 0.29) is 21.7 Å². The molecule has 0 heterocycles. The predicted molar refractivity (Wildman–Crippen MR) is 84.5 cm³/mol. The molecule has 122 valence electrons. The van der Waals surface area contributed by atoms with Gasteiger partial charge < -0.3 is 4.74 Å². The normalized spacial score (nSPS) is 11.1. The Morgan fingerprint density at radius 3 is 2.26 bits per heavy atom. The molecule has 23 heavy (non-hydrogen) atoms. The predicted octanol–water partition coefficient (Wildman–Crippen LogP) is 3.03. The van der Waals surface area contributed by atoms with Gasteiger partial charge in [0.2, 0.25) is 0 Å². The number of hydrogen-bond donors (Lipinski definition) is 1. The molecule has 0 spiro atoms. The molecule has 5 nitrogen and oxygen atoms in total. The van der Waals surface area contributed by atoms with Crippen molar-refractivity contribution in [3.05, 3.63) is 58.9 Å². The molecule has 0 aromatic heterocycles. The molecular weight excluding hydrogens is 321 g/mol. The molecular formula is C16H16FNO4S. The second-order valence-electron chi connectivity index (χ2n) is 5.01. The fraction of sp³-hybridized carbons (Fsp3) is 0.188. The van der Waals surface area contributed by atoms with E-state index < -0.39 is 21.8 Å². The van der Waals surface area contributed by atoms with Gasteiger partial charge in [-0.05, 0) is 43.7 Å². The maximum Gasteiger partial charge on any atom is 0.341 e. The largest absolute Gasteiger partial charge is 0.465 e. The quantitative estimate of drug-likeness (QED) is 0.871. The van der Waals surface area contributed by atoms with E-state index in [4.69, 9.17) is 0 Å². The highest BCUT2D eigenvalue weighted by atomic mass is 32.2. The van der Waals surface area contributed by atoms with Gasteiger partial charge in [-0.15, -0.1) is 0 Å². The standard InChI is InChI=1S/C16H16FNO4S/c1-10-4-6-12(7-5-10)23(20,21)18-14-9-8-13(17)15(11(14)2)16(19)22-3/h4-9,18H,1-3H3. The zero-order valence-corrected chi connectivity index (χ0v) is 13.7. The fourth-order valence-electron chi connectivity index (χ4n) is 2.06. The number of anilines is 1. The van der Waals surface area contributed by atoms with Gasteiger partial charge in [0.1, 0.15) is 11.4 Å². The van der Waals surface area contributed by atoms with Crippen molar-refractivity contribution in [3.63, 3.8) is 0 Å². The van der Waals surface area contributed by atoms with E-state index in [1.807, 2.05) is 6.92 Å². The van der Waals surface area contributed by atoms with Crippen molar-refractivity contribution >= 4 is 21.7 Å². The van der Waals surface area contributed by atoms with Crippen LogP contribution in [-0.2, 0) is 14.8 Å². The number of sulfonamides is 1. The zero-order valence-electron chi connectivity index (χ0n) is 12.9. The number of halogens is 1. The van der Waals surface area contributed by atoms with Crippen LogP contribution >= 0.6 is 0 Å². The number of benzene rings is 2. The van der Waals surface area contributed by atoms with Crippen LogP contribution in [0.1, 0.15) is 21.5 Å². The van der Waals surface area contributed by atoms with Gasteiger partial charge in [0.05, 0.1) is 17.7 Å². The van der Waals surface area contributed by atoms with Crippen LogP contribution in [0.25, 0.3) is 0 Å². The van der Waals surface area contributed by atoms with E-state index in [1.165, 1.54) is 25.1 Å². The van der Waals surface area contributed by atoms with Crippen LogP contribution in [-0.4, -0.2) is 21.5 Å². The van der Waals surface area contributed by atoms with Crippen molar-refractivity contribution in [1.82, 2.24) is 0 Å². The third kappa shape index (κ3) is 3.50. The summed E-state index contributed by atoms with van der Waals surface area (Å²) >= 11 is 0. The van der Waals surface area contributed by atoms with Gasteiger partial charge in [-0.1, -0.05) is 17.7 Å². The summed E-state index contributed by atoms with van der Waals surface area (Å²) < 4.78 is 45.4. The summed E-state index contributed by atoms with van der Waals surface area (Å²) in [6, 6.07) is 8.57. The fourth-order valence-corrected chi connectivity index (χ4v) is 3.19. The first-order valence-electron chi connectivity index (χ1n) is 6.73. The molecule has 0 amide bonds. The molecule has 0 aliphatic rings. The van der Waals surface area contributed by atoms with Gasteiger partial charge in [-0.3, -0.25) is 4.72 Å². The summed E-state index contributed by atoms with van der Waals surface area (Å²) in [5.41, 5.74) is 0.909. The van der Waals surface area contributed by atoms with E-state index >= 15 is 0 Å². The van der Waals surface area contributed by atoms with Gasteiger partial charge >= 0.3 is 5.97 Å². The number of esters is 1. The zero-order chi connectivity index (χ0) is 17.2. The van der Waals surface area contributed by atoms with Crippen molar-refractivity contribution < 1.29 is 22.3 Å². The molecule has 0 radical (unpaired) electrons. The average Bonchev–Trinajstić information content (AvgIpc) is 2.50. The lowest BCUT2D eigenvalue weighted by Crippen LogP contribution is -2.16. The summed E-state index contributed by atoms with van der Waals surface area (Å²) in [6.45, 7) is 3.29. The summed E-state index contributed by atoms with van der Waals surface area (Å²) in [5, 5.41) is 0. The Balaban J connectivity index is 2.44. The van der Waals surface area contributed by atoms with Crippen molar-refractivity contribution in [2.24, 2.45) is 0 Å². The van der Waals surface area contributed by atoms with E-state index in [0.717, 1.165) is 18.7 Å². The van der Waals surface area contributed by atoms with Gasteiger partial charge in [0, 0.05) is 0 Å². The van der Waals surface area contributed by atoms with E-state index in [2.05, 4.69) is 9.46 Å². The van der Waals surface area contributed by atoms with Crippen LogP contribution in [0, 0.1) is 19.7 Å². The number of methoxy groups -OCH3 is 1. The van der Waals surface area contributed by atoms with Gasteiger partial charge in [-0.2, -0.15) is 0 Å². The molecule has 7 heteroatoms. The number of carbonyl (C=O) groups is 1. The molecule has 0 aliphatic heterocycles. The Kier molecular flexibility index (Phi) is 4.70. The van der Waals surface area contributed by atoms with E-state index in [1.54, 1.807) is 12.1 Å².